The minimum absolute atomic E-state index is 0.110. The number of hydrogen-bond acceptors (Lipinski definition) is 7. The molecule has 0 aliphatic carbocycles. The fourth-order valence-corrected chi connectivity index (χ4v) is 0.961. The molecule has 0 saturated heterocycles. The molecule has 7 N–H and O–H groups in total. The molecule has 0 unspecified atom stereocenters. The van der Waals surface area contributed by atoms with E-state index in [1.807, 2.05) is 0 Å². The van der Waals surface area contributed by atoms with Crippen LogP contribution in [-0.4, -0.2) is 80.7 Å². The van der Waals surface area contributed by atoms with Crippen LogP contribution in [0.5, 0.6) is 0 Å². The van der Waals surface area contributed by atoms with Gasteiger partial charge in [0.15, 0.2) is 6.10 Å². The van der Waals surface area contributed by atoms with Gasteiger partial charge in [-0.05, 0) is 0 Å². The summed E-state index contributed by atoms with van der Waals surface area (Å²) in [5, 5.41) is 55.6. The molecule has 96 valence electrons. The number of carbonyl (C=O) groups is 1. The Hall–Kier alpha value is -0.770. The first-order valence-electron chi connectivity index (χ1n) is 4.67. The van der Waals surface area contributed by atoms with Gasteiger partial charge < -0.3 is 36.0 Å². The number of rotatable bonds is 7. The highest BCUT2D eigenvalue weighted by molar-refractivity contribution is 5.81. The van der Waals surface area contributed by atoms with Gasteiger partial charge in [-0.25, -0.2) is 0 Å². The number of nitrogens with one attached hydrogen (secondary N) is 1. The van der Waals surface area contributed by atoms with Gasteiger partial charge in [0.25, 0.3) is 5.91 Å². The Morgan fingerprint density at radius 3 is 2.06 bits per heavy atom. The predicted octanol–water partition coefficient (Wildman–Crippen LogP) is -4.47. The summed E-state index contributed by atoms with van der Waals surface area (Å²) in [6.45, 7) is -1.26. The summed E-state index contributed by atoms with van der Waals surface area (Å²) >= 11 is 0. The largest absolute Gasteiger partial charge is 0.395 e. The van der Waals surface area contributed by atoms with E-state index in [1.54, 1.807) is 0 Å². The topological polar surface area (TPSA) is 150 Å². The maximum atomic E-state index is 11.1. The van der Waals surface area contributed by atoms with Crippen molar-refractivity contribution in [1.82, 2.24) is 5.32 Å². The first kappa shape index (κ1) is 15.2. The number of hydrogen-bond donors (Lipinski definition) is 7. The number of aliphatic hydroxyl groups is 6. The molecule has 0 fully saturated rings. The van der Waals surface area contributed by atoms with E-state index in [0.717, 1.165) is 0 Å². The quantitative estimate of drug-likeness (QED) is 0.237. The van der Waals surface area contributed by atoms with E-state index in [4.69, 9.17) is 15.3 Å². The second kappa shape index (κ2) is 7.49. The number of carbonyl (C=O) groups excluding carboxylic acids is 1. The summed E-state index contributed by atoms with van der Waals surface area (Å²) in [5.74, 6) is -0.995. The summed E-state index contributed by atoms with van der Waals surface area (Å²) in [7, 11) is 0. The zero-order valence-corrected chi connectivity index (χ0v) is 8.52. The summed E-state index contributed by atoms with van der Waals surface area (Å²) in [6.07, 6.45) is -7.39. The molecule has 0 rings (SSSR count). The van der Waals surface area contributed by atoms with Gasteiger partial charge in [-0.15, -0.1) is 0 Å². The van der Waals surface area contributed by atoms with E-state index in [0.29, 0.717) is 0 Å². The van der Waals surface area contributed by atoms with Crippen molar-refractivity contribution in [2.45, 2.75) is 24.4 Å². The van der Waals surface area contributed by atoms with Crippen molar-refractivity contribution in [1.29, 1.82) is 0 Å². The van der Waals surface area contributed by atoms with E-state index in [9.17, 15) is 20.1 Å². The van der Waals surface area contributed by atoms with Crippen LogP contribution in [0, 0.1) is 0 Å². The minimum Gasteiger partial charge on any atom is -0.395 e. The Labute approximate surface area is 91.8 Å². The number of aliphatic hydroxyl groups excluding tert-OH is 6. The van der Waals surface area contributed by atoms with Crippen molar-refractivity contribution >= 4 is 5.91 Å². The van der Waals surface area contributed by atoms with Gasteiger partial charge in [-0.1, -0.05) is 0 Å². The van der Waals surface area contributed by atoms with Crippen LogP contribution in [-0.2, 0) is 4.79 Å². The van der Waals surface area contributed by atoms with E-state index in [2.05, 4.69) is 5.32 Å². The lowest BCUT2D eigenvalue weighted by Crippen LogP contribution is -2.51. The molecular formula is C8H17NO7. The monoisotopic (exact) mass is 239 g/mol. The lowest BCUT2D eigenvalue weighted by atomic mass is 10.0. The molecule has 1 amide bonds. The Kier molecular flexibility index (Phi) is 7.13. The molecule has 0 saturated carbocycles. The van der Waals surface area contributed by atoms with Crippen LogP contribution in [0.3, 0.4) is 0 Å². The molecule has 0 aromatic carbocycles. The van der Waals surface area contributed by atoms with Gasteiger partial charge in [-0.3, -0.25) is 4.79 Å². The molecule has 0 aliphatic heterocycles. The van der Waals surface area contributed by atoms with Crippen LogP contribution in [0.2, 0.25) is 0 Å². The van der Waals surface area contributed by atoms with Crippen molar-refractivity contribution < 1.29 is 35.4 Å². The predicted molar refractivity (Wildman–Crippen MR) is 51.2 cm³/mol. The third-order valence-electron chi connectivity index (χ3n) is 1.93. The Balaban J connectivity index is 4.25. The highest BCUT2D eigenvalue weighted by atomic mass is 16.4. The summed E-state index contributed by atoms with van der Waals surface area (Å²) in [6, 6.07) is 0. The van der Waals surface area contributed by atoms with Crippen molar-refractivity contribution in [3.63, 3.8) is 0 Å². The second-order valence-corrected chi connectivity index (χ2v) is 3.19. The van der Waals surface area contributed by atoms with Gasteiger partial charge in [0, 0.05) is 6.54 Å². The molecule has 4 atom stereocenters. The van der Waals surface area contributed by atoms with E-state index >= 15 is 0 Å². The van der Waals surface area contributed by atoms with Gasteiger partial charge in [-0.2, -0.15) is 0 Å². The van der Waals surface area contributed by atoms with E-state index < -0.39 is 36.9 Å². The molecule has 8 nitrogen and oxygen atoms in total. The summed E-state index contributed by atoms with van der Waals surface area (Å²) < 4.78 is 0. The zero-order chi connectivity index (χ0) is 12.7. The smallest absolute Gasteiger partial charge is 0.251 e. The fraction of sp³-hybridized carbons (Fsp3) is 0.875. The van der Waals surface area contributed by atoms with E-state index in [1.165, 1.54) is 0 Å². The molecule has 0 aliphatic rings. The fourth-order valence-electron chi connectivity index (χ4n) is 0.961. The Morgan fingerprint density at radius 1 is 1.06 bits per heavy atom. The normalized spacial score (nSPS) is 18.6. The van der Waals surface area contributed by atoms with Gasteiger partial charge in [0.1, 0.15) is 18.3 Å². The minimum atomic E-state index is -1.96. The average Bonchev–Trinajstić information content (AvgIpc) is 2.31. The summed E-state index contributed by atoms with van der Waals surface area (Å²) in [5.41, 5.74) is 0. The van der Waals surface area contributed by atoms with Crippen LogP contribution in [0.4, 0.5) is 0 Å². The molecule has 0 spiro atoms. The van der Waals surface area contributed by atoms with Crippen LogP contribution >= 0.6 is 0 Å². The zero-order valence-electron chi connectivity index (χ0n) is 8.52. The SMILES string of the molecule is O=C(NCCO)[C@H](O)[C@H](O)[C@H](O)[C@@H](O)CO. The standard InChI is InChI=1S/C8H17NO7/c10-2-1-9-8(16)7(15)6(14)5(13)4(12)3-11/h4-7,10-15H,1-3H2,(H,9,16)/t4-,5+,6+,7+/m0/s1. The summed E-state index contributed by atoms with van der Waals surface area (Å²) in [4.78, 5) is 11.1. The molecule has 0 aromatic rings. The third kappa shape index (κ3) is 4.39. The first-order chi connectivity index (χ1) is 7.45. The molecule has 0 aromatic heterocycles. The van der Waals surface area contributed by atoms with Crippen LogP contribution in [0.1, 0.15) is 0 Å². The lowest BCUT2D eigenvalue weighted by Gasteiger charge is -2.24. The van der Waals surface area contributed by atoms with Crippen LogP contribution < -0.4 is 5.32 Å². The van der Waals surface area contributed by atoms with Crippen molar-refractivity contribution in [3.05, 3.63) is 0 Å². The van der Waals surface area contributed by atoms with Crippen LogP contribution in [0.15, 0.2) is 0 Å². The molecular weight excluding hydrogens is 222 g/mol. The van der Waals surface area contributed by atoms with Gasteiger partial charge in [0.2, 0.25) is 0 Å². The van der Waals surface area contributed by atoms with Gasteiger partial charge in [0.05, 0.1) is 13.2 Å². The van der Waals surface area contributed by atoms with Crippen molar-refractivity contribution in [2.75, 3.05) is 19.8 Å². The third-order valence-corrected chi connectivity index (χ3v) is 1.93. The average molecular weight is 239 g/mol. The molecule has 8 heteroatoms. The molecule has 0 heterocycles. The molecule has 16 heavy (non-hydrogen) atoms. The first-order valence-corrected chi connectivity index (χ1v) is 4.67. The number of amides is 1. The highest BCUT2D eigenvalue weighted by Crippen LogP contribution is 2.05. The maximum absolute atomic E-state index is 11.1. The highest BCUT2D eigenvalue weighted by Gasteiger charge is 2.33. The lowest BCUT2D eigenvalue weighted by molar-refractivity contribution is -0.149. The van der Waals surface area contributed by atoms with E-state index in [-0.39, 0.29) is 13.2 Å². The Morgan fingerprint density at radius 2 is 1.62 bits per heavy atom. The molecule has 0 radical (unpaired) electrons. The Bertz CT molecular complexity index is 213. The second-order valence-electron chi connectivity index (χ2n) is 3.19. The van der Waals surface area contributed by atoms with Gasteiger partial charge >= 0.3 is 0 Å². The molecule has 0 bridgehead atoms. The van der Waals surface area contributed by atoms with Crippen LogP contribution in [0.25, 0.3) is 0 Å². The maximum Gasteiger partial charge on any atom is 0.251 e. The van der Waals surface area contributed by atoms with Crippen molar-refractivity contribution in [3.8, 4) is 0 Å². The van der Waals surface area contributed by atoms with Crippen molar-refractivity contribution in [2.24, 2.45) is 0 Å².